The monoisotopic (exact) mass is 341 g/mol. The molecule has 0 spiro atoms. The van der Waals surface area contributed by atoms with Crippen molar-refractivity contribution in [2.75, 3.05) is 13.1 Å². The molecule has 3 rings (SSSR count). The molecule has 1 aliphatic rings. The van der Waals surface area contributed by atoms with Gasteiger partial charge in [0.2, 0.25) is 5.95 Å². The van der Waals surface area contributed by atoms with Gasteiger partial charge in [0, 0.05) is 42.5 Å². The average molecular weight is 341 g/mol. The summed E-state index contributed by atoms with van der Waals surface area (Å²) in [5.74, 6) is -1.05. The van der Waals surface area contributed by atoms with Gasteiger partial charge in [-0.05, 0) is 37.5 Å². The summed E-state index contributed by atoms with van der Waals surface area (Å²) in [7, 11) is 0. The van der Waals surface area contributed by atoms with Gasteiger partial charge in [-0.2, -0.15) is 4.39 Å². The van der Waals surface area contributed by atoms with Gasteiger partial charge < -0.3 is 10.2 Å². The Morgan fingerprint density at radius 3 is 2.72 bits per heavy atom. The molecular weight excluding hydrogens is 321 g/mol. The Morgan fingerprint density at radius 1 is 1.16 bits per heavy atom. The molecule has 0 bridgehead atoms. The van der Waals surface area contributed by atoms with Gasteiger partial charge in [0.25, 0.3) is 11.8 Å². The van der Waals surface area contributed by atoms with Crippen LogP contribution in [0.5, 0.6) is 0 Å². The van der Waals surface area contributed by atoms with E-state index in [4.69, 9.17) is 0 Å². The number of nitrogens with one attached hydrogen (secondary N) is 1. The Bertz CT molecular complexity index is 751. The molecule has 2 heterocycles. The Morgan fingerprint density at radius 2 is 1.96 bits per heavy atom. The number of carbonyl (C=O) groups excluding carboxylic acids is 2. The number of rotatable bonds is 4. The summed E-state index contributed by atoms with van der Waals surface area (Å²) in [6.07, 6.45) is 4.01. The van der Waals surface area contributed by atoms with Crippen molar-refractivity contribution in [3.05, 3.63) is 65.7 Å². The number of likely N-dealkylation sites (tertiary alicyclic amines) is 1. The molecule has 25 heavy (non-hydrogen) atoms. The van der Waals surface area contributed by atoms with Crippen molar-refractivity contribution in [2.24, 2.45) is 0 Å². The first-order valence-corrected chi connectivity index (χ1v) is 8.41. The molecule has 1 saturated heterocycles. The summed E-state index contributed by atoms with van der Waals surface area (Å²) in [6.45, 7) is 0.988. The molecule has 5 nitrogen and oxygen atoms in total. The van der Waals surface area contributed by atoms with E-state index in [0.29, 0.717) is 18.7 Å². The van der Waals surface area contributed by atoms with E-state index in [1.165, 1.54) is 12.3 Å². The first-order chi connectivity index (χ1) is 12.1. The normalized spacial score (nSPS) is 17.2. The van der Waals surface area contributed by atoms with E-state index in [-0.39, 0.29) is 23.4 Å². The SMILES string of the molecule is O=C(NC[C@@H]1CCCCN1C(=O)c1ccnc(F)c1)c1ccccc1. The lowest BCUT2D eigenvalue weighted by Gasteiger charge is -2.36. The highest BCUT2D eigenvalue weighted by Crippen LogP contribution is 2.19. The fourth-order valence-electron chi connectivity index (χ4n) is 3.08. The Labute approximate surface area is 145 Å². The molecule has 0 radical (unpaired) electrons. The van der Waals surface area contributed by atoms with Crippen LogP contribution >= 0.6 is 0 Å². The van der Waals surface area contributed by atoms with Crippen LogP contribution in [0.25, 0.3) is 0 Å². The molecule has 1 fully saturated rings. The highest BCUT2D eigenvalue weighted by atomic mass is 19.1. The van der Waals surface area contributed by atoms with Crippen LogP contribution in [0.15, 0.2) is 48.7 Å². The van der Waals surface area contributed by atoms with Gasteiger partial charge in [-0.1, -0.05) is 18.2 Å². The van der Waals surface area contributed by atoms with E-state index in [2.05, 4.69) is 10.3 Å². The summed E-state index contributed by atoms with van der Waals surface area (Å²) >= 11 is 0. The third-order valence-electron chi connectivity index (χ3n) is 4.40. The van der Waals surface area contributed by atoms with Crippen LogP contribution in [0.4, 0.5) is 4.39 Å². The van der Waals surface area contributed by atoms with Crippen LogP contribution in [-0.2, 0) is 0 Å². The zero-order valence-corrected chi connectivity index (χ0v) is 13.8. The molecule has 2 aromatic rings. The summed E-state index contributed by atoms with van der Waals surface area (Å²) < 4.78 is 13.3. The van der Waals surface area contributed by atoms with Gasteiger partial charge >= 0.3 is 0 Å². The van der Waals surface area contributed by atoms with Gasteiger partial charge in [0.15, 0.2) is 0 Å². The van der Waals surface area contributed by atoms with E-state index in [1.54, 1.807) is 17.0 Å². The molecule has 1 aliphatic heterocycles. The van der Waals surface area contributed by atoms with Crippen LogP contribution in [0.3, 0.4) is 0 Å². The molecule has 1 N–H and O–H groups in total. The summed E-state index contributed by atoms with van der Waals surface area (Å²) in [6, 6.07) is 11.5. The number of nitrogens with zero attached hydrogens (tertiary/aromatic N) is 2. The number of hydrogen-bond donors (Lipinski definition) is 1. The Hall–Kier alpha value is -2.76. The number of pyridine rings is 1. The van der Waals surface area contributed by atoms with Crippen LogP contribution in [0, 0.1) is 5.95 Å². The Balaban J connectivity index is 1.66. The lowest BCUT2D eigenvalue weighted by atomic mass is 10.0. The quantitative estimate of drug-likeness (QED) is 0.870. The third-order valence-corrected chi connectivity index (χ3v) is 4.40. The first-order valence-electron chi connectivity index (χ1n) is 8.41. The molecule has 0 saturated carbocycles. The molecule has 1 atom stereocenters. The van der Waals surface area contributed by atoms with Gasteiger partial charge in [-0.15, -0.1) is 0 Å². The van der Waals surface area contributed by atoms with Crippen LogP contribution in [0.1, 0.15) is 40.0 Å². The highest BCUT2D eigenvalue weighted by Gasteiger charge is 2.28. The van der Waals surface area contributed by atoms with Crippen molar-refractivity contribution in [3.63, 3.8) is 0 Å². The van der Waals surface area contributed by atoms with Crippen molar-refractivity contribution >= 4 is 11.8 Å². The van der Waals surface area contributed by atoms with Crippen LogP contribution < -0.4 is 5.32 Å². The van der Waals surface area contributed by atoms with Crippen LogP contribution in [-0.4, -0.2) is 40.8 Å². The van der Waals surface area contributed by atoms with Gasteiger partial charge in [-0.25, -0.2) is 4.98 Å². The maximum atomic E-state index is 13.3. The second-order valence-electron chi connectivity index (χ2n) is 6.09. The number of piperidine rings is 1. The lowest BCUT2D eigenvalue weighted by Crippen LogP contribution is -2.49. The number of hydrogen-bond acceptors (Lipinski definition) is 3. The van der Waals surface area contributed by atoms with Gasteiger partial charge in [0.1, 0.15) is 0 Å². The topological polar surface area (TPSA) is 62.3 Å². The molecule has 0 unspecified atom stereocenters. The predicted octanol–water partition coefficient (Wildman–Crippen LogP) is 2.65. The van der Waals surface area contributed by atoms with Crippen molar-refractivity contribution in [2.45, 2.75) is 25.3 Å². The second kappa shape index (κ2) is 7.88. The van der Waals surface area contributed by atoms with E-state index < -0.39 is 5.95 Å². The minimum atomic E-state index is -0.670. The lowest BCUT2D eigenvalue weighted by molar-refractivity contribution is 0.0602. The fraction of sp³-hybridized carbons (Fsp3) is 0.316. The fourth-order valence-corrected chi connectivity index (χ4v) is 3.08. The molecule has 2 amide bonds. The average Bonchev–Trinajstić information content (AvgIpc) is 2.66. The highest BCUT2D eigenvalue weighted by molar-refractivity contribution is 5.95. The van der Waals surface area contributed by atoms with Crippen molar-refractivity contribution in [1.29, 1.82) is 0 Å². The molecular formula is C19H20FN3O2. The second-order valence-corrected chi connectivity index (χ2v) is 6.09. The molecule has 130 valence electrons. The van der Waals surface area contributed by atoms with E-state index in [9.17, 15) is 14.0 Å². The standard InChI is InChI=1S/C19H20FN3O2/c20-17-12-15(9-10-21-17)19(25)23-11-5-4-8-16(23)13-22-18(24)14-6-2-1-3-7-14/h1-3,6-7,9-10,12,16H,4-5,8,11,13H2,(H,22,24)/t16-/m0/s1. The maximum Gasteiger partial charge on any atom is 0.254 e. The van der Waals surface area contributed by atoms with Crippen molar-refractivity contribution in [3.8, 4) is 0 Å². The van der Waals surface area contributed by atoms with E-state index in [1.807, 2.05) is 18.2 Å². The number of carbonyl (C=O) groups is 2. The number of benzene rings is 1. The summed E-state index contributed by atoms with van der Waals surface area (Å²) in [5.41, 5.74) is 0.876. The zero-order valence-electron chi connectivity index (χ0n) is 13.8. The number of amides is 2. The van der Waals surface area contributed by atoms with Gasteiger partial charge in [-0.3, -0.25) is 9.59 Å². The maximum absolute atomic E-state index is 13.3. The summed E-state index contributed by atoms with van der Waals surface area (Å²) in [5, 5.41) is 2.90. The minimum absolute atomic E-state index is 0.0925. The number of aromatic nitrogens is 1. The van der Waals surface area contributed by atoms with Crippen LogP contribution in [0.2, 0.25) is 0 Å². The van der Waals surface area contributed by atoms with Crippen molar-refractivity contribution in [1.82, 2.24) is 15.2 Å². The smallest absolute Gasteiger partial charge is 0.254 e. The first kappa shape index (κ1) is 17.1. The molecule has 1 aromatic carbocycles. The Kier molecular flexibility index (Phi) is 5.38. The summed E-state index contributed by atoms with van der Waals surface area (Å²) in [4.78, 5) is 30.1. The van der Waals surface area contributed by atoms with Crippen molar-refractivity contribution < 1.29 is 14.0 Å². The molecule has 0 aliphatic carbocycles. The molecule has 6 heteroatoms. The van der Waals surface area contributed by atoms with E-state index in [0.717, 1.165) is 25.3 Å². The largest absolute Gasteiger partial charge is 0.350 e. The van der Waals surface area contributed by atoms with E-state index >= 15 is 0 Å². The predicted molar refractivity (Wildman–Crippen MR) is 91.6 cm³/mol. The molecule has 1 aromatic heterocycles. The minimum Gasteiger partial charge on any atom is -0.350 e. The van der Waals surface area contributed by atoms with Gasteiger partial charge in [0.05, 0.1) is 0 Å². The number of halogens is 1. The third kappa shape index (κ3) is 4.21. The zero-order chi connectivity index (χ0) is 17.6.